The highest BCUT2D eigenvalue weighted by atomic mass is 32.1. The molecule has 1 saturated carbocycles. The monoisotopic (exact) mass is 553 g/mol. The highest BCUT2D eigenvalue weighted by molar-refractivity contribution is 7.21. The molecule has 0 unspecified atom stereocenters. The van der Waals surface area contributed by atoms with Crippen molar-refractivity contribution in [3.05, 3.63) is 54.7 Å². The summed E-state index contributed by atoms with van der Waals surface area (Å²) in [6, 6.07) is 14.9. The minimum absolute atomic E-state index is 0.379. The summed E-state index contributed by atoms with van der Waals surface area (Å²) in [6.07, 6.45) is 0.0775. The predicted molar refractivity (Wildman–Crippen MR) is 146 cm³/mol. The number of aliphatic hydroxyl groups excluding tert-OH is 2. The van der Waals surface area contributed by atoms with Crippen LogP contribution >= 0.6 is 11.3 Å². The van der Waals surface area contributed by atoms with Gasteiger partial charge in [0.2, 0.25) is 5.82 Å². The molecule has 206 valence electrons. The standard InChI is InChI=1S/C26H29N5O4S.CH2O2/c1-26(2,34)17-12-19(22(33)21(17)32)29-23-16(24-30-18-9-4-5-10-20(18)36-24)13-27-25(31-23)28-14-7-6-8-15(11-14)35-3;2-1-3/h4-11,13,17,19,21-22,32-34H,12H2,1-3H3,(H2,27,28,29,31);1H,(H,2,3)/t17-,19+,21+,22-;/m0./s1. The molecule has 0 aliphatic heterocycles. The van der Waals surface area contributed by atoms with Crippen molar-refractivity contribution in [2.24, 2.45) is 5.92 Å². The zero-order valence-electron chi connectivity index (χ0n) is 21.7. The van der Waals surface area contributed by atoms with Crippen molar-refractivity contribution in [3.63, 3.8) is 0 Å². The number of rotatable bonds is 7. The van der Waals surface area contributed by atoms with Gasteiger partial charge in [0.05, 0.1) is 41.3 Å². The summed E-state index contributed by atoms with van der Waals surface area (Å²) >= 11 is 1.54. The number of thiazole rings is 1. The van der Waals surface area contributed by atoms with E-state index in [4.69, 9.17) is 24.6 Å². The number of ether oxygens (including phenoxy) is 1. The molecule has 6 N–H and O–H groups in total. The van der Waals surface area contributed by atoms with Gasteiger partial charge in [0.1, 0.15) is 28.1 Å². The fourth-order valence-corrected chi connectivity index (χ4v) is 5.61. The predicted octanol–water partition coefficient (Wildman–Crippen LogP) is 1.58. The number of aromatic amines is 1. The van der Waals surface area contributed by atoms with Crippen molar-refractivity contribution in [1.29, 1.82) is 0 Å². The highest BCUT2D eigenvalue weighted by Gasteiger charge is 2.48. The van der Waals surface area contributed by atoms with E-state index < -0.39 is 36.2 Å². The van der Waals surface area contributed by atoms with Gasteiger partial charge in [0.25, 0.3) is 0 Å². The average molecular weight is 554 g/mol. The van der Waals surface area contributed by atoms with Gasteiger partial charge >= 0.3 is 5.95 Å². The van der Waals surface area contributed by atoms with Crippen LogP contribution in [0.3, 0.4) is 0 Å². The first-order valence-electron chi connectivity index (χ1n) is 12.2. The lowest BCUT2D eigenvalue weighted by Crippen LogP contribution is -2.40. The summed E-state index contributed by atoms with van der Waals surface area (Å²) in [5, 5.41) is 47.5. The second-order valence-electron chi connectivity index (χ2n) is 9.68. The molecule has 2 heterocycles. The Labute approximate surface area is 229 Å². The molecule has 1 fully saturated rings. The van der Waals surface area contributed by atoms with Crippen molar-refractivity contribution < 1.29 is 34.9 Å². The van der Waals surface area contributed by atoms with Crippen molar-refractivity contribution >= 4 is 45.5 Å². The van der Waals surface area contributed by atoms with Crippen LogP contribution in [0.4, 0.5) is 17.5 Å². The van der Waals surface area contributed by atoms with Gasteiger partial charge < -0.3 is 35.3 Å². The average Bonchev–Trinajstić information content (AvgIpc) is 3.46. The van der Waals surface area contributed by atoms with E-state index in [1.165, 1.54) is 0 Å². The number of anilines is 3. The summed E-state index contributed by atoms with van der Waals surface area (Å²) in [7, 11) is 1.61. The SMILES string of the molecule is COc1cccc(Nc2nc(N[C@@H]3C[C@H](C(C)(C)O)[C@@H](O)[C@H]3O)c(-c3nc4ccccc4s3)c[nH+]2)c1.O=C[O-]. The Bertz CT molecular complexity index is 1390. The maximum atomic E-state index is 10.8. The van der Waals surface area contributed by atoms with Crippen molar-refractivity contribution in [2.75, 3.05) is 17.7 Å². The maximum absolute atomic E-state index is 10.8. The number of carboxylic acid groups (broad SMARTS) is 1. The summed E-state index contributed by atoms with van der Waals surface area (Å²) in [5.74, 6) is 1.21. The number of carbonyl (C=O) groups excluding carboxylic acids is 1. The first-order valence-corrected chi connectivity index (χ1v) is 13.1. The van der Waals surface area contributed by atoms with Crippen molar-refractivity contribution in [1.82, 2.24) is 9.97 Å². The number of H-pyrrole nitrogens is 1. The lowest BCUT2D eigenvalue weighted by molar-refractivity contribution is -0.363. The second-order valence-corrected chi connectivity index (χ2v) is 10.7. The number of para-hydroxylation sites is 1. The van der Waals surface area contributed by atoms with E-state index in [1.807, 2.05) is 54.7 Å². The molecule has 4 aromatic rings. The molecule has 0 amide bonds. The zero-order valence-corrected chi connectivity index (χ0v) is 22.5. The molecule has 0 saturated heterocycles. The van der Waals surface area contributed by atoms with E-state index in [-0.39, 0.29) is 0 Å². The van der Waals surface area contributed by atoms with Gasteiger partial charge in [-0.3, -0.25) is 0 Å². The van der Waals surface area contributed by atoms with E-state index in [9.17, 15) is 15.3 Å². The Morgan fingerprint density at radius 3 is 2.56 bits per heavy atom. The molecule has 5 rings (SSSR count). The number of hydrogen-bond donors (Lipinski definition) is 5. The fraction of sp³-hybridized carbons (Fsp3) is 0.333. The highest BCUT2D eigenvalue weighted by Crippen LogP contribution is 2.38. The molecule has 0 spiro atoms. The minimum Gasteiger partial charge on any atom is -0.554 e. The summed E-state index contributed by atoms with van der Waals surface area (Å²) in [5.41, 5.74) is 1.28. The van der Waals surface area contributed by atoms with E-state index in [2.05, 4.69) is 15.6 Å². The topological polar surface area (TPSA) is 174 Å². The van der Waals surface area contributed by atoms with Gasteiger partial charge in [-0.25, -0.2) is 15.3 Å². The second kappa shape index (κ2) is 11.9. The molecule has 0 bridgehead atoms. The summed E-state index contributed by atoms with van der Waals surface area (Å²) in [4.78, 5) is 21.0. The van der Waals surface area contributed by atoms with E-state index in [0.29, 0.717) is 23.9 Å². The number of fused-ring (bicyclic) bond motifs is 1. The third-order valence-corrected chi connectivity index (χ3v) is 7.67. The summed E-state index contributed by atoms with van der Waals surface area (Å²) < 4.78 is 6.36. The first kappa shape index (κ1) is 28.2. The minimum atomic E-state index is -1.14. The van der Waals surface area contributed by atoms with Gasteiger partial charge in [0, 0.05) is 18.5 Å². The Morgan fingerprint density at radius 2 is 1.90 bits per heavy atom. The Balaban J connectivity index is 0.00000112. The van der Waals surface area contributed by atoms with Crippen LogP contribution in [0.1, 0.15) is 20.3 Å². The quantitative estimate of drug-likeness (QED) is 0.211. The third-order valence-electron chi connectivity index (χ3n) is 6.60. The molecule has 2 aromatic carbocycles. The molecule has 39 heavy (non-hydrogen) atoms. The van der Waals surface area contributed by atoms with Crippen LogP contribution in [0.5, 0.6) is 5.75 Å². The van der Waals surface area contributed by atoms with Gasteiger partial charge in [-0.2, -0.15) is 0 Å². The van der Waals surface area contributed by atoms with Gasteiger partial charge in [-0.05, 0) is 44.5 Å². The number of nitrogens with one attached hydrogen (secondary N) is 3. The van der Waals surface area contributed by atoms with Gasteiger partial charge in [-0.1, -0.05) is 23.2 Å². The number of carbonyl (C=O) groups is 1. The normalized spacial score (nSPS) is 20.7. The molecule has 2 aromatic heterocycles. The molecule has 11 nitrogen and oxygen atoms in total. The fourth-order valence-electron chi connectivity index (χ4n) is 4.63. The number of aromatic nitrogens is 3. The smallest absolute Gasteiger partial charge is 0.396 e. The van der Waals surface area contributed by atoms with Gasteiger partial charge in [0.15, 0.2) is 0 Å². The Kier molecular flexibility index (Phi) is 8.60. The molecule has 12 heteroatoms. The molecular formula is C27H31N5O6S. The van der Waals surface area contributed by atoms with Crippen LogP contribution in [0.2, 0.25) is 0 Å². The molecular weight excluding hydrogens is 522 g/mol. The van der Waals surface area contributed by atoms with Crippen molar-refractivity contribution in [3.8, 4) is 16.3 Å². The number of nitrogens with zero attached hydrogens (tertiary/aromatic N) is 2. The van der Waals surface area contributed by atoms with Crippen LogP contribution in [-0.4, -0.2) is 62.7 Å². The number of aliphatic hydroxyl groups is 3. The first-order chi connectivity index (χ1) is 18.6. The van der Waals surface area contributed by atoms with Crippen LogP contribution in [-0.2, 0) is 4.79 Å². The van der Waals surface area contributed by atoms with E-state index in [0.717, 1.165) is 26.5 Å². The Morgan fingerprint density at radius 1 is 1.15 bits per heavy atom. The zero-order chi connectivity index (χ0) is 28.2. The molecule has 1 aliphatic carbocycles. The molecule has 0 radical (unpaired) electrons. The van der Waals surface area contributed by atoms with Crippen LogP contribution in [0, 0.1) is 5.92 Å². The van der Waals surface area contributed by atoms with E-state index >= 15 is 0 Å². The maximum Gasteiger partial charge on any atom is 0.396 e. The van der Waals surface area contributed by atoms with Crippen LogP contribution in [0.25, 0.3) is 20.8 Å². The molecule has 1 aliphatic rings. The Hall–Kier alpha value is -3.84. The molecule has 4 atom stereocenters. The van der Waals surface area contributed by atoms with Crippen molar-refractivity contribution in [2.45, 2.75) is 44.1 Å². The number of methoxy groups -OCH3 is 1. The van der Waals surface area contributed by atoms with E-state index in [1.54, 1.807) is 32.3 Å². The van der Waals surface area contributed by atoms with Crippen LogP contribution < -0.4 is 25.5 Å². The number of hydrogen-bond acceptors (Lipinski definition) is 11. The third kappa shape index (κ3) is 6.42. The summed E-state index contributed by atoms with van der Waals surface area (Å²) in [6.45, 7) is 2.79. The number of benzene rings is 2. The lowest BCUT2D eigenvalue weighted by Gasteiger charge is -2.28. The largest absolute Gasteiger partial charge is 0.554 e. The lowest BCUT2D eigenvalue weighted by atomic mass is 9.88. The van der Waals surface area contributed by atoms with Crippen LogP contribution in [0.15, 0.2) is 54.7 Å². The van der Waals surface area contributed by atoms with Gasteiger partial charge in [-0.15, -0.1) is 11.3 Å².